The highest BCUT2D eigenvalue weighted by Crippen LogP contribution is 2.29. The summed E-state index contributed by atoms with van der Waals surface area (Å²) in [5.41, 5.74) is 1.73. The van der Waals surface area contributed by atoms with Gasteiger partial charge < -0.3 is 10.1 Å². The number of ether oxygens (including phenoxy) is 1. The molecule has 4 aromatic rings. The monoisotopic (exact) mass is 383 g/mol. The quantitative estimate of drug-likeness (QED) is 0.549. The summed E-state index contributed by atoms with van der Waals surface area (Å²) in [4.78, 5) is 9.04. The molecule has 9 heteroatoms. The average Bonchev–Trinajstić information content (AvgIpc) is 2.67. The van der Waals surface area contributed by atoms with Gasteiger partial charge in [-0.2, -0.15) is 10.2 Å². The Labute approximate surface area is 157 Å². The highest BCUT2D eigenvalue weighted by atomic mass is 19.4. The van der Waals surface area contributed by atoms with Crippen molar-refractivity contribution >= 4 is 22.4 Å². The number of alkyl halides is 3. The zero-order valence-corrected chi connectivity index (χ0v) is 14.2. The highest BCUT2D eigenvalue weighted by Gasteiger charge is 2.31. The second kappa shape index (κ2) is 7.10. The first-order valence-corrected chi connectivity index (χ1v) is 8.15. The van der Waals surface area contributed by atoms with Crippen molar-refractivity contribution in [3.8, 4) is 17.1 Å². The Morgan fingerprint density at radius 1 is 0.893 bits per heavy atom. The van der Waals surface area contributed by atoms with Gasteiger partial charge in [-0.1, -0.05) is 18.2 Å². The van der Waals surface area contributed by atoms with Crippen LogP contribution >= 0.6 is 0 Å². The summed E-state index contributed by atoms with van der Waals surface area (Å²) in [5.74, 6) is 0.537. The zero-order valence-electron chi connectivity index (χ0n) is 14.2. The van der Waals surface area contributed by atoms with E-state index in [9.17, 15) is 13.2 Å². The SMILES string of the molecule is FC(F)(F)Oc1cccc(Nc2nc(-c3ccnnc3)nc3ccccc23)c1. The molecule has 0 aliphatic carbocycles. The van der Waals surface area contributed by atoms with Crippen LogP contribution in [0.5, 0.6) is 5.75 Å². The molecule has 0 amide bonds. The third-order valence-electron chi connectivity index (χ3n) is 3.78. The molecule has 0 spiro atoms. The van der Waals surface area contributed by atoms with E-state index in [1.54, 1.807) is 12.1 Å². The molecule has 1 N–H and O–H groups in total. The van der Waals surface area contributed by atoms with Crippen LogP contribution in [0.25, 0.3) is 22.3 Å². The van der Waals surface area contributed by atoms with Gasteiger partial charge in [0, 0.05) is 22.7 Å². The Bertz CT molecular complexity index is 1120. The molecule has 2 aromatic heterocycles. The Morgan fingerprint density at radius 3 is 2.54 bits per heavy atom. The maximum atomic E-state index is 12.5. The highest BCUT2D eigenvalue weighted by molar-refractivity contribution is 5.92. The lowest BCUT2D eigenvalue weighted by Gasteiger charge is -2.13. The first-order valence-electron chi connectivity index (χ1n) is 8.15. The molecular weight excluding hydrogens is 371 g/mol. The topological polar surface area (TPSA) is 72.8 Å². The van der Waals surface area contributed by atoms with Crippen LogP contribution in [0.4, 0.5) is 24.7 Å². The molecule has 4 rings (SSSR count). The molecular formula is C19H12F3N5O. The molecule has 0 fully saturated rings. The number of aromatic nitrogens is 4. The number of fused-ring (bicyclic) bond motifs is 1. The van der Waals surface area contributed by atoms with Gasteiger partial charge in [0.1, 0.15) is 11.6 Å². The van der Waals surface area contributed by atoms with Crippen molar-refractivity contribution in [2.24, 2.45) is 0 Å². The Kier molecular flexibility index (Phi) is 4.48. The molecule has 0 bridgehead atoms. The van der Waals surface area contributed by atoms with Gasteiger partial charge in [0.25, 0.3) is 0 Å². The molecule has 140 valence electrons. The van der Waals surface area contributed by atoms with E-state index in [-0.39, 0.29) is 5.75 Å². The predicted molar refractivity (Wildman–Crippen MR) is 97.0 cm³/mol. The van der Waals surface area contributed by atoms with E-state index in [0.29, 0.717) is 28.4 Å². The second-order valence-corrected chi connectivity index (χ2v) is 5.74. The van der Waals surface area contributed by atoms with Gasteiger partial charge in [-0.05, 0) is 30.3 Å². The first kappa shape index (κ1) is 17.7. The van der Waals surface area contributed by atoms with Crippen molar-refractivity contribution in [2.75, 3.05) is 5.32 Å². The van der Waals surface area contributed by atoms with Crippen LogP contribution in [-0.4, -0.2) is 26.5 Å². The number of hydrogen-bond acceptors (Lipinski definition) is 6. The van der Waals surface area contributed by atoms with E-state index in [1.807, 2.05) is 24.3 Å². The van der Waals surface area contributed by atoms with Crippen molar-refractivity contribution in [1.82, 2.24) is 20.2 Å². The maximum absolute atomic E-state index is 12.5. The van der Waals surface area contributed by atoms with Gasteiger partial charge in [-0.15, -0.1) is 13.2 Å². The standard InChI is InChI=1S/C19H12F3N5O/c20-19(21,22)28-14-5-3-4-13(10-14)25-18-15-6-1-2-7-16(15)26-17(27-18)12-8-9-23-24-11-12/h1-11H,(H,25,26,27). The molecule has 6 nitrogen and oxygen atoms in total. The number of anilines is 2. The number of halogens is 3. The largest absolute Gasteiger partial charge is 0.573 e. The van der Waals surface area contributed by atoms with Crippen molar-refractivity contribution in [1.29, 1.82) is 0 Å². The molecule has 0 aliphatic heterocycles. The summed E-state index contributed by atoms with van der Waals surface area (Å²) >= 11 is 0. The molecule has 0 saturated heterocycles. The van der Waals surface area contributed by atoms with Crippen LogP contribution in [0.1, 0.15) is 0 Å². The van der Waals surface area contributed by atoms with Crippen LogP contribution in [-0.2, 0) is 0 Å². The van der Waals surface area contributed by atoms with Gasteiger partial charge in [0.05, 0.1) is 17.9 Å². The van der Waals surface area contributed by atoms with Crippen molar-refractivity contribution in [3.05, 3.63) is 67.0 Å². The number of para-hydroxylation sites is 1. The summed E-state index contributed by atoms with van der Waals surface area (Å²) < 4.78 is 41.4. The molecule has 0 unspecified atom stereocenters. The van der Waals surface area contributed by atoms with Crippen molar-refractivity contribution in [3.63, 3.8) is 0 Å². The maximum Gasteiger partial charge on any atom is 0.573 e. The van der Waals surface area contributed by atoms with Crippen molar-refractivity contribution < 1.29 is 17.9 Å². The van der Waals surface area contributed by atoms with E-state index in [4.69, 9.17) is 0 Å². The summed E-state index contributed by atoms with van der Waals surface area (Å²) in [6, 6.07) is 14.6. The Morgan fingerprint density at radius 2 is 1.75 bits per heavy atom. The minimum absolute atomic E-state index is 0.325. The molecule has 0 atom stereocenters. The van der Waals surface area contributed by atoms with Crippen LogP contribution in [0.15, 0.2) is 67.0 Å². The van der Waals surface area contributed by atoms with Crippen LogP contribution in [0, 0.1) is 0 Å². The van der Waals surface area contributed by atoms with Gasteiger partial charge in [-0.3, -0.25) is 0 Å². The minimum Gasteiger partial charge on any atom is -0.406 e. The second-order valence-electron chi connectivity index (χ2n) is 5.74. The fraction of sp³-hybridized carbons (Fsp3) is 0.0526. The molecule has 2 heterocycles. The van der Waals surface area contributed by atoms with E-state index in [2.05, 4.69) is 30.2 Å². The fourth-order valence-corrected chi connectivity index (χ4v) is 2.63. The lowest BCUT2D eigenvalue weighted by atomic mass is 10.2. The van der Waals surface area contributed by atoms with E-state index < -0.39 is 6.36 Å². The molecule has 28 heavy (non-hydrogen) atoms. The smallest absolute Gasteiger partial charge is 0.406 e. The molecule has 0 saturated carbocycles. The van der Waals surface area contributed by atoms with E-state index in [1.165, 1.54) is 30.6 Å². The predicted octanol–water partition coefficient (Wildman–Crippen LogP) is 4.73. The lowest BCUT2D eigenvalue weighted by molar-refractivity contribution is -0.274. The first-order chi connectivity index (χ1) is 13.5. The molecule has 2 aromatic carbocycles. The summed E-state index contributed by atoms with van der Waals surface area (Å²) in [6.07, 6.45) is -1.70. The van der Waals surface area contributed by atoms with Gasteiger partial charge in [0.2, 0.25) is 0 Å². The Balaban J connectivity index is 1.75. The Hall–Kier alpha value is -3.75. The van der Waals surface area contributed by atoms with Crippen LogP contribution < -0.4 is 10.1 Å². The van der Waals surface area contributed by atoms with Gasteiger partial charge in [-0.25, -0.2) is 9.97 Å². The van der Waals surface area contributed by atoms with Gasteiger partial charge >= 0.3 is 6.36 Å². The van der Waals surface area contributed by atoms with E-state index in [0.717, 1.165) is 5.39 Å². The summed E-state index contributed by atoms with van der Waals surface area (Å²) in [7, 11) is 0. The number of rotatable bonds is 4. The normalized spacial score (nSPS) is 11.4. The number of nitrogens with zero attached hydrogens (tertiary/aromatic N) is 4. The third kappa shape index (κ3) is 3.98. The lowest BCUT2D eigenvalue weighted by Crippen LogP contribution is -2.17. The van der Waals surface area contributed by atoms with Crippen molar-refractivity contribution in [2.45, 2.75) is 6.36 Å². The number of benzene rings is 2. The summed E-state index contributed by atoms with van der Waals surface area (Å²) in [6.45, 7) is 0. The van der Waals surface area contributed by atoms with Gasteiger partial charge in [0.15, 0.2) is 5.82 Å². The van der Waals surface area contributed by atoms with E-state index >= 15 is 0 Å². The average molecular weight is 383 g/mol. The summed E-state index contributed by atoms with van der Waals surface area (Å²) in [5, 5.41) is 11.3. The number of hydrogen-bond donors (Lipinski definition) is 1. The fourth-order valence-electron chi connectivity index (χ4n) is 2.63. The number of nitrogens with one attached hydrogen (secondary N) is 1. The molecule has 0 radical (unpaired) electrons. The third-order valence-corrected chi connectivity index (χ3v) is 3.78. The van der Waals surface area contributed by atoms with Crippen LogP contribution in [0.3, 0.4) is 0 Å². The zero-order chi connectivity index (χ0) is 19.6. The van der Waals surface area contributed by atoms with Crippen LogP contribution in [0.2, 0.25) is 0 Å². The molecule has 0 aliphatic rings. The minimum atomic E-state index is -4.76.